The normalized spacial score (nSPS) is 11.6. The molecule has 0 saturated carbocycles. The van der Waals surface area contributed by atoms with E-state index in [0.717, 1.165) is 11.1 Å². The van der Waals surface area contributed by atoms with Crippen molar-refractivity contribution in [3.63, 3.8) is 0 Å². The van der Waals surface area contributed by atoms with E-state index in [9.17, 15) is 15.2 Å². The number of H-pyrrole nitrogens is 3. The Bertz CT molecular complexity index is 1100. The molecule has 0 radical (unpaired) electrons. The number of nitrogens with one attached hydrogen (secondary N) is 3. The second-order valence-corrected chi connectivity index (χ2v) is 5.35. The predicted molar refractivity (Wildman–Crippen MR) is 88.2 cm³/mol. The zero-order valence-corrected chi connectivity index (χ0v) is 12.8. The second-order valence-electron chi connectivity index (χ2n) is 4.95. The van der Waals surface area contributed by atoms with Crippen LogP contribution in [0.5, 0.6) is 5.88 Å². The molecule has 7 nitrogen and oxygen atoms in total. The van der Waals surface area contributed by atoms with Crippen molar-refractivity contribution < 1.29 is 5.11 Å². The number of aryl methyl sites for hydroxylation is 1. The molecule has 0 atom stereocenters. The van der Waals surface area contributed by atoms with Gasteiger partial charge in [0.15, 0.2) is 4.77 Å². The maximum Gasteiger partial charge on any atom is 0.262 e. The van der Waals surface area contributed by atoms with E-state index in [-0.39, 0.29) is 15.9 Å². The van der Waals surface area contributed by atoms with Crippen LogP contribution in [0.1, 0.15) is 17.0 Å². The lowest BCUT2D eigenvalue weighted by Crippen LogP contribution is -2.11. The molecule has 0 aliphatic carbocycles. The van der Waals surface area contributed by atoms with Crippen LogP contribution < -0.4 is 5.56 Å². The number of allylic oxidation sites excluding steroid dienone is 1. The largest absolute Gasteiger partial charge is 0.494 e. The van der Waals surface area contributed by atoms with Crippen molar-refractivity contribution >= 4 is 34.9 Å². The second kappa shape index (κ2) is 5.55. The Kier molecular flexibility index (Phi) is 3.56. The molecule has 0 spiro atoms. The molecule has 114 valence electrons. The molecule has 0 fully saturated rings. The summed E-state index contributed by atoms with van der Waals surface area (Å²) in [5.41, 5.74) is 1.98. The molecule has 0 saturated heterocycles. The van der Waals surface area contributed by atoms with Gasteiger partial charge in [-0.2, -0.15) is 5.26 Å². The summed E-state index contributed by atoms with van der Waals surface area (Å²) in [5, 5.41) is 19.2. The Morgan fingerprint density at radius 1 is 1.39 bits per heavy atom. The molecule has 3 rings (SSSR count). The van der Waals surface area contributed by atoms with Crippen molar-refractivity contribution in [3.05, 3.63) is 50.3 Å². The Morgan fingerprint density at radius 3 is 2.87 bits per heavy atom. The molecule has 0 amide bonds. The maximum atomic E-state index is 11.9. The fourth-order valence-electron chi connectivity index (χ4n) is 2.17. The summed E-state index contributed by atoms with van der Waals surface area (Å²) in [6, 6.07) is 7.63. The summed E-state index contributed by atoms with van der Waals surface area (Å²) < 4.78 is 0.00219. The first-order valence-corrected chi connectivity index (χ1v) is 7.03. The lowest BCUT2D eigenvalue weighted by Gasteiger charge is -1.98. The van der Waals surface area contributed by atoms with E-state index < -0.39 is 11.4 Å². The van der Waals surface area contributed by atoms with Crippen LogP contribution >= 0.6 is 12.2 Å². The molecule has 1 aromatic carbocycles. The molecule has 2 heterocycles. The first-order chi connectivity index (χ1) is 11.0. The van der Waals surface area contributed by atoms with E-state index in [1.165, 1.54) is 6.08 Å². The number of benzene rings is 1. The third kappa shape index (κ3) is 2.77. The van der Waals surface area contributed by atoms with Gasteiger partial charge >= 0.3 is 0 Å². The maximum absolute atomic E-state index is 11.9. The SMILES string of the molecule is Cc1ccc2nc(/C(C#N)=C/c3c(O)[nH]c(=S)[nH]c3=O)[nH]c2c1. The number of aromatic hydroxyl groups is 1. The van der Waals surface area contributed by atoms with Gasteiger partial charge in [-0.25, -0.2) is 4.98 Å². The van der Waals surface area contributed by atoms with Gasteiger partial charge in [0.05, 0.1) is 16.6 Å². The standard InChI is InChI=1S/C15H11N5O2S/c1-7-2-3-10-11(4-7)18-12(17-10)8(6-16)5-9-13(21)19-15(23)20-14(9)22/h2-5H,1H3,(H,17,18)(H3,19,20,21,22,23)/b8-5+. The van der Waals surface area contributed by atoms with Crippen LogP contribution in [0.2, 0.25) is 0 Å². The van der Waals surface area contributed by atoms with Crippen molar-refractivity contribution in [3.8, 4) is 11.9 Å². The number of nitriles is 1. The lowest BCUT2D eigenvalue weighted by atomic mass is 10.2. The molecular formula is C15H11N5O2S. The van der Waals surface area contributed by atoms with E-state index in [4.69, 9.17) is 12.2 Å². The molecule has 0 aliphatic rings. The highest BCUT2D eigenvalue weighted by molar-refractivity contribution is 7.71. The lowest BCUT2D eigenvalue weighted by molar-refractivity contribution is 0.448. The number of hydrogen-bond acceptors (Lipinski definition) is 5. The van der Waals surface area contributed by atoms with Crippen molar-refractivity contribution in [2.75, 3.05) is 0 Å². The Balaban J connectivity index is 2.17. The van der Waals surface area contributed by atoms with Crippen LogP contribution in [-0.4, -0.2) is 25.0 Å². The number of hydrogen-bond donors (Lipinski definition) is 4. The minimum Gasteiger partial charge on any atom is -0.494 e. The van der Waals surface area contributed by atoms with E-state index in [1.807, 2.05) is 31.2 Å². The molecule has 2 aromatic heterocycles. The minimum atomic E-state index is -0.592. The third-order valence-electron chi connectivity index (χ3n) is 3.26. The number of aromatic amines is 3. The molecule has 0 unspecified atom stereocenters. The molecule has 0 aliphatic heterocycles. The highest BCUT2D eigenvalue weighted by atomic mass is 32.1. The molecule has 4 N–H and O–H groups in total. The first-order valence-electron chi connectivity index (χ1n) is 6.62. The summed E-state index contributed by atoms with van der Waals surface area (Å²) in [7, 11) is 0. The van der Waals surface area contributed by atoms with Crippen LogP contribution in [-0.2, 0) is 0 Å². The monoisotopic (exact) mass is 325 g/mol. The summed E-state index contributed by atoms with van der Waals surface area (Å²) in [6.45, 7) is 1.95. The van der Waals surface area contributed by atoms with Crippen LogP contribution in [0.15, 0.2) is 23.0 Å². The Morgan fingerprint density at radius 2 is 2.17 bits per heavy atom. The number of nitrogens with zero attached hydrogens (tertiary/aromatic N) is 2. The highest BCUT2D eigenvalue weighted by Gasteiger charge is 2.11. The van der Waals surface area contributed by atoms with Crippen LogP contribution in [0.25, 0.3) is 22.7 Å². The summed E-state index contributed by atoms with van der Waals surface area (Å²) in [4.78, 5) is 24.0. The predicted octanol–water partition coefficient (Wildman–Crippen LogP) is 2.39. The molecule has 0 bridgehead atoms. The highest BCUT2D eigenvalue weighted by Crippen LogP contribution is 2.21. The van der Waals surface area contributed by atoms with Crippen molar-refractivity contribution in [1.82, 2.24) is 19.9 Å². The van der Waals surface area contributed by atoms with Gasteiger partial charge in [0.25, 0.3) is 5.56 Å². The smallest absolute Gasteiger partial charge is 0.262 e. The first kappa shape index (κ1) is 14.7. The molecule has 23 heavy (non-hydrogen) atoms. The quantitative estimate of drug-likeness (QED) is 0.426. The fourth-order valence-corrected chi connectivity index (χ4v) is 2.36. The Labute approximate surface area is 135 Å². The Hall–Kier alpha value is -3.18. The molecular weight excluding hydrogens is 314 g/mol. The molecule has 8 heteroatoms. The van der Waals surface area contributed by atoms with Crippen LogP contribution in [0.4, 0.5) is 0 Å². The number of fused-ring (bicyclic) bond motifs is 1. The number of aromatic nitrogens is 4. The number of rotatable bonds is 2. The van der Waals surface area contributed by atoms with E-state index in [0.29, 0.717) is 11.3 Å². The van der Waals surface area contributed by atoms with Gasteiger partial charge in [-0.05, 0) is 42.9 Å². The van der Waals surface area contributed by atoms with E-state index in [2.05, 4.69) is 19.9 Å². The average Bonchev–Trinajstić information content (AvgIpc) is 2.89. The van der Waals surface area contributed by atoms with Gasteiger partial charge in [0.1, 0.15) is 17.5 Å². The molecule has 3 aromatic rings. The zero-order valence-electron chi connectivity index (χ0n) is 12.0. The summed E-state index contributed by atoms with van der Waals surface area (Å²) >= 11 is 4.76. The van der Waals surface area contributed by atoms with Gasteiger partial charge in [-0.1, -0.05) is 6.07 Å². The van der Waals surface area contributed by atoms with Gasteiger partial charge in [0, 0.05) is 0 Å². The van der Waals surface area contributed by atoms with Gasteiger partial charge in [-0.3, -0.25) is 9.78 Å². The average molecular weight is 325 g/mol. The van der Waals surface area contributed by atoms with Crippen LogP contribution in [0.3, 0.4) is 0 Å². The van der Waals surface area contributed by atoms with Crippen molar-refractivity contribution in [2.45, 2.75) is 6.92 Å². The van der Waals surface area contributed by atoms with Gasteiger partial charge in [0.2, 0.25) is 5.88 Å². The van der Waals surface area contributed by atoms with Gasteiger partial charge < -0.3 is 15.1 Å². The number of imidazole rings is 1. The van der Waals surface area contributed by atoms with Crippen LogP contribution in [0, 0.1) is 23.0 Å². The summed E-state index contributed by atoms with van der Waals surface area (Å²) in [6.07, 6.45) is 1.25. The van der Waals surface area contributed by atoms with Crippen molar-refractivity contribution in [2.24, 2.45) is 0 Å². The topological polar surface area (TPSA) is 121 Å². The zero-order chi connectivity index (χ0) is 16.6. The minimum absolute atomic E-state index is 0.00219. The van der Waals surface area contributed by atoms with Gasteiger partial charge in [-0.15, -0.1) is 0 Å². The third-order valence-corrected chi connectivity index (χ3v) is 3.46. The van der Waals surface area contributed by atoms with E-state index in [1.54, 1.807) is 0 Å². The summed E-state index contributed by atoms with van der Waals surface area (Å²) in [5.74, 6) is -0.0900. The van der Waals surface area contributed by atoms with Crippen molar-refractivity contribution in [1.29, 1.82) is 5.26 Å². The van der Waals surface area contributed by atoms with E-state index >= 15 is 0 Å². The fraction of sp³-hybridized carbons (Fsp3) is 0.0667.